The van der Waals surface area contributed by atoms with Gasteiger partial charge in [0.2, 0.25) is 0 Å². The monoisotopic (exact) mass is 277 g/mol. The van der Waals surface area contributed by atoms with Gasteiger partial charge in [0.05, 0.1) is 5.69 Å². The molecule has 7 heteroatoms. The largest absolute Gasteiger partial charge is 0.388 e. The summed E-state index contributed by atoms with van der Waals surface area (Å²) in [4.78, 5) is 14.5. The molecule has 3 N–H and O–H groups in total. The second kappa shape index (κ2) is 4.58. The molecule has 0 saturated heterocycles. The molecule has 0 fully saturated rings. The highest BCUT2D eigenvalue weighted by atomic mass is 32.1. The van der Waals surface area contributed by atoms with Gasteiger partial charge in [-0.3, -0.25) is 0 Å². The summed E-state index contributed by atoms with van der Waals surface area (Å²) in [6.07, 6.45) is 6.57. The minimum Gasteiger partial charge on any atom is -0.388 e. The van der Waals surface area contributed by atoms with Crippen molar-refractivity contribution in [2.45, 2.75) is 19.3 Å². The molecule has 1 aliphatic rings. The average molecular weight is 277 g/mol. The van der Waals surface area contributed by atoms with Gasteiger partial charge in [0.25, 0.3) is 0 Å². The topological polar surface area (TPSA) is 76.7 Å². The second-order valence-corrected chi connectivity index (χ2v) is 5.51. The third-order valence-electron chi connectivity index (χ3n) is 2.75. The fourth-order valence-electron chi connectivity index (χ4n) is 1.95. The molecular formula is C11H11N5S2. The predicted octanol–water partition coefficient (Wildman–Crippen LogP) is 1.80. The van der Waals surface area contributed by atoms with Crippen molar-refractivity contribution in [3.05, 3.63) is 28.7 Å². The molecule has 1 aliphatic carbocycles. The van der Waals surface area contributed by atoms with Crippen LogP contribution in [0.5, 0.6) is 0 Å². The Morgan fingerprint density at radius 2 is 2.17 bits per heavy atom. The van der Waals surface area contributed by atoms with Crippen LogP contribution in [-0.2, 0) is 12.8 Å². The minimum absolute atomic E-state index is 0.231. The van der Waals surface area contributed by atoms with E-state index >= 15 is 0 Å². The number of thiocarbonyl (C=S) groups is 1. The van der Waals surface area contributed by atoms with Gasteiger partial charge in [-0.25, -0.2) is 15.0 Å². The third-order valence-corrected chi connectivity index (χ3v) is 4.02. The lowest BCUT2D eigenvalue weighted by atomic mass is 10.4. The van der Waals surface area contributed by atoms with Crippen LogP contribution >= 0.6 is 23.6 Å². The first-order chi connectivity index (χ1) is 8.74. The summed E-state index contributed by atoms with van der Waals surface area (Å²) >= 11 is 6.61. The van der Waals surface area contributed by atoms with Crippen LogP contribution in [0.3, 0.4) is 0 Å². The highest BCUT2D eigenvalue weighted by Crippen LogP contribution is 2.31. The van der Waals surface area contributed by atoms with E-state index in [1.54, 1.807) is 23.7 Å². The number of rotatable bonds is 3. The number of anilines is 2. The quantitative estimate of drug-likeness (QED) is 0.833. The van der Waals surface area contributed by atoms with E-state index in [0.29, 0.717) is 11.5 Å². The van der Waals surface area contributed by atoms with Crippen LogP contribution in [0.25, 0.3) is 0 Å². The van der Waals surface area contributed by atoms with Gasteiger partial charge in [-0.1, -0.05) is 12.2 Å². The van der Waals surface area contributed by atoms with E-state index in [2.05, 4.69) is 20.3 Å². The molecule has 2 aromatic rings. The van der Waals surface area contributed by atoms with Gasteiger partial charge in [0.15, 0.2) is 10.9 Å². The van der Waals surface area contributed by atoms with Crippen LogP contribution in [0.4, 0.5) is 10.9 Å². The summed E-state index contributed by atoms with van der Waals surface area (Å²) in [6, 6.07) is 0. The van der Waals surface area contributed by atoms with Crippen molar-refractivity contribution in [2.24, 2.45) is 5.73 Å². The number of aryl methyl sites for hydroxylation is 2. The Hall–Kier alpha value is -1.60. The second-order valence-electron chi connectivity index (χ2n) is 3.99. The number of nitrogens with two attached hydrogens (primary N) is 1. The molecule has 0 aromatic carbocycles. The van der Waals surface area contributed by atoms with Crippen molar-refractivity contribution in [3.8, 4) is 0 Å². The van der Waals surface area contributed by atoms with Gasteiger partial charge in [0.1, 0.15) is 10.7 Å². The van der Waals surface area contributed by atoms with Crippen molar-refractivity contribution >= 4 is 39.5 Å². The maximum absolute atomic E-state index is 5.61. The van der Waals surface area contributed by atoms with Crippen LogP contribution in [0.2, 0.25) is 0 Å². The molecule has 0 amide bonds. The Kier molecular flexibility index (Phi) is 2.92. The summed E-state index contributed by atoms with van der Waals surface area (Å²) in [7, 11) is 0. The zero-order chi connectivity index (χ0) is 12.5. The molecular weight excluding hydrogens is 266 g/mol. The third kappa shape index (κ3) is 2.06. The number of hydrogen-bond donors (Lipinski definition) is 2. The van der Waals surface area contributed by atoms with Crippen LogP contribution in [0.15, 0.2) is 12.4 Å². The number of nitrogens with one attached hydrogen (secondary N) is 1. The Labute approximate surface area is 113 Å². The predicted molar refractivity (Wildman–Crippen MR) is 75.3 cm³/mol. The highest BCUT2D eigenvalue weighted by Gasteiger charge is 2.18. The van der Waals surface area contributed by atoms with E-state index in [-0.39, 0.29) is 4.99 Å². The van der Waals surface area contributed by atoms with Crippen molar-refractivity contribution in [1.29, 1.82) is 0 Å². The zero-order valence-corrected chi connectivity index (χ0v) is 11.1. The minimum atomic E-state index is 0.231. The number of nitrogens with zero attached hydrogens (tertiary/aromatic N) is 3. The van der Waals surface area contributed by atoms with Gasteiger partial charge in [-0.15, -0.1) is 11.3 Å². The Bertz CT molecular complexity index is 586. The first-order valence-electron chi connectivity index (χ1n) is 5.60. The Morgan fingerprint density at radius 1 is 1.33 bits per heavy atom. The molecule has 0 saturated carbocycles. The average Bonchev–Trinajstić information content (AvgIpc) is 2.90. The van der Waals surface area contributed by atoms with Crippen molar-refractivity contribution in [3.63, 3.8) is 0 Å². The highest BCUT2D eigenvalue weighted by molar-refractivity contribution is 7.80. The first-order valence-corrected chi connectivity index (χ1v) is 6.83. The van der Waals surface area contributed by atoms with Gasteiger partial charge < -0.3 is 11.1 Å². The standard InChI is InChI=1S/C11H11N5S2/c12-9(17)8-10(14-5-4-13-8)16-11-15-6-2-1-3-7(6)18-11/h4-5H,1-3H2,(H2,12,17)(H,14,15,16). The van der Waals surface area contributed by atoms with E-state index in [1.165, 1.54) is 17.0 Å². The summed E-state index contributed by atoms with van der Waals surface area (Å²) in [5, 5.41) is 3.98. The van der Waals surface area contributed by atoms with Gasteiger partial charge >= 0.3 is 0 Å². The van der Waals surface area contributed by atoms with Crippen LogP contribution in [0.1, 0.15) is 22.7 Å². The maximum atomic E-state index is 5.61. The lowest BCUT2D eigenvalue weighted by Gasteiger charge is -2.05. The van der Waals surface area contributed by atoms with Crippen LogP contribution in [0, 0.1) is 0 Å². The molecule has 0 unspecified atom stereocenters. The van der Waals surface area contributed by atoms with E-state index in [4.69, 9.17) is 18.0 Å². The normalized spacial score (nSPS) is 13.3. The number of thiazole rings is 1. The fraction of sp³-hybridized carbons (Fsp3) is 0.273. The first kappa shape index (κ1) is 11.5. The lowest BCUT2D eigenvalue weighted by Crippen LogP contribution is -2.14. The molecule has 5 nitrogen and oxygen atoms in total. The van der Waals surface area contributed by atoms with E-state index in [0.717, 1.165) is 18.0 Å². The molecule has 18 heavy (non-hydrogen) atoms. The van der Waals surface area contributed by atoms with E-state index in [9.17, 15) is 0 Å². The SMILES string of the molecule is NC(=S)c1nccnc1Nc1nc2c(s1)CCC2. The summed E-state index contributed by atoms with van der Waals surface area (Å²) in [6.45, 7) is 0. The number of hydrogen-bond acceptors (Lipinski definition) is 6. The zero-order valence-electron chi connectivity index (χ0n) is 9.51. The van der Waals surface area contributed by atoms with Gasteiger partial charge in [0, 0.05) is 17.3 Å². The van der Waals surface area contributed by atoms with E-state index < -0.39 is 0 Å². The smallest absolute Gasteiger partial charge is 0.188 e. The molecule has 0 aliphatic heterocycles. The van der Waals surface area contributed by atoms with E-state index in [1.807, 2.05) is 0 Å². The Morgan fingerprint density at radius 3 is 2.94 bits per heavy atom. The van der Waals surface area contributed by atoms with Crippen molar-refractivity contribution < 1.29 is 0 Å². The lowest BCUT2D eigenvalue weighted by molar-refractivity contribution is 0.900. The van der Waals surface area contributed by atoms with Gasteiger partial charge in [-0.2, -0.15) is 0 Å². The fourth-order valence-corrected chi connectivity index (χ4v) is 3.15. The number of aromatic nitrogens is 3. The summed E-state index contributed by atoms with van der Waals surface area (Å²) in [5.74, 6) is 0.567. The molecule has 0 atom stereocenters. The molecule has 0 radical (unpaired) electrons. The summed E-state index contributed by atoms with van der Waals surface area (Å²) in [5.41, 5.74) is 7.31. The van der Waals surface area contributed by atoms with Crippen LogP contribution < -0.4 is 11.1 Å². The molecule has 2 heterocycles. The van der Waals surface area contributed by atoms with Crippen molar-refractivity contribution in [1.82, 2.24) is 15.0 Å². The van der Waals surface area contributed by atoms with Gasteiger partial charge in [-0.05, 0) is 19.3 Å². The molecule has 3 rings (SSSR count). The molecule has 0 spiro atoms. The molecule has 2 aromatic heterocycles. The number of fused-ring (bicyclic) bond motifs is 1. The maximum Gasteiger partial charge on any atom is 0.188 e. The van der Waals surface area contributed by atoms with Crippen molar-refractivity contribution in [2.75, 3.05) is 5.32 Å². The molecule has 92 valence electrons. The molecule has 0 bridgehead atoms. The van der Waals surface area contributed by atoms with Crippen LogP contribution in [-0.4, -0.2) is 19.9 Å². The Balaban J connectivity index is 1.90. The summed E-state index contributed by atoms with van der Waals surface area (Å²) < 4.78 is 0.